The van der Waals surface area contributed by atoms with E-state index in [-0.39, 0.29) is 5.92 Å². The second-order valence-electron chi connectivity index (χ2n) is 4.93. The third-order valence-corrected chi connectivity index (χ3v) is 3.64. The Morgan fingerprint density at radius 2 is 1.85 bits per heavy atom. The molecular weight excluding hydrogens is 160 g/mol. The molecule has 3 unspecified atom stereocenters. The molecule has 1 aliphatic rings. The van der Waals surface area contributed by atoms with Crippen LogP contribution in [-0.4, -0.2) is 5.78 Å². The van der Waals surface area contributed by atoms with Gasteiger partial charge in [0, 0.05) is 11.8 Å². The first-order chi connectivity index (χ1) is 6.04. The highest BCUT2D eigenvalue weighted by Crippen LogP contribution is 2.35. The van der Waals surface area contributed by atoms with Crippen LogP contribution < -0.4 is 0 Å². The van der Waals surface area contributed by atoms with Crippen molar-refractivity contribution >= 4 is 5.78 Å². The van der Waals surface area contributed by atoms with E-state index in [4.69, 9.17) is 0 Å². The highest BCUT2D eigenvalue weighted by atomic mass is 16.1. The lowest BCUT2D eigenvalue weighted by Gasteiger charge is -2.33. The van der Waals surface area contributed by atoms with Crippen LogP contribution in [0.2, 0.25) is 0 Å². The summed E-state index contributed by atoms with van der Waals surface area (Å²) in [5, 5.41) is 0. The number of carbonyl (C=O) groups excluding carboxylic acids is 1. The minimum absolute atomic E-state index is 0.220. The van der Waals surface area contributed by atoms with E-state index in [1.165, 1.54) is 12.8 Å². The smallest absolute Gasteiger partial charge is 0.138 e. The maximum absolute atomic E-state index is 11.9. The summed E-state index contributed by atoms with van der Waals surface area (Å²) in [7, 11) is 0. The van der Waals surface area contributed by atoms with E-state index in [0.717, 1.165) is 12.3 Å². The zero-order valence-corrected chi connectivity index (χ0v) is 9.34. The van der Waals surface area contributed by atoms with E-state index >= 15 is 0 Å². The average molecular weight is 182 g/mol. The van der Waals surface area contributed by atoms with Crippen LogP contribution in [-0.2, 0) is 4.79 Å². The van der Waals surface area contributed by atoms with E-state index < -0.39 is 0 Å². The zero-order chi connectivity index (χ0) is 10.0. The van der Waals surface area contributed by atoms with Crippen molar-refractivity contribution in [1.82, 2.24) is 0 Å². The Kier molecular flexibility index (Phi) is 3.52. The summed E-state index contributed by atoms with van der Waals surface area (Å²) in [6.45, 7) is 8.57. The molecule has 0 aliphatic heterocycles. The summed E-state index contributed by atoms with van der Waals surface area (Å²) in [5.41, 5.74) is 0. The second-order valence-corrected chi connectivity index (χ2v) is 4.93. The molecule has 0 radical (unpaired) electrons. The van der Waals surface area contributed by atoms with Gasteiger partial charge in [0.1, 0.15) is 5.78 Å². The number of hydrogen-bond donors (Lipinski definition) is 0. The number of carbonyl (C=O) groups is 1. The van der Waals surface area contributed by atoms with Crippen LogP contribution in [0.3, 0.4) is 0 Å². The molecule has 1 fully saturated rings. The number of Topliss-reactive ketones (excluding diaryl/α,β-unsaturated/α-hetero) is 1. The molecule has 0 bridgehead atoms. The Balaban J connectivity index is 2.62. The van der Waals surface area contributed by atoms with Crippen LogP contribution in [0.1, 0.15) is 47.0 Å². The van der Waals surface area contributed by atoms with Crippen molar-refractivity contribution in [1.29, 1.82) is 0 Å². The third-order valence-electron chi connectivity index (χ3n) is 3.64. The summed E-state index contributed by atoms with van der Waals surface area (Å²) in [4.78, 5) is 11.9. The average Bonchev–Trinajstić information content (AvgIpc) is 2.08. The summed E-state index contributed by atoms with van der Waals surface area (Å²) in [5.74, 6) is 2.39. The minimum Gasteiger partial charge on any atom is -0.299 e. The highest BCUT2D eigenvalue weighted by Gasteiger charge is 2.32. The van der Waals surface area contributed by atoms with Gasteiger partial charge in [-0.15, -0.1) is 0 Å². The standard InChI is InChI=1S/C12H22O/c1-8(2)12(13)11-7-5-6-9(3)10(11)4/h8-11H,5-7H2,1-4H3. The first-order valence-electron chi connectivity index (χ1n) is 5.57. The fourth-order valence-electron chi connectivity index (χ4n) is 2.41. The topological polar surface area (TPSA) is 17.1 Å². The van der Waals surface area contributed by atoms with Crippen LogP contribution in [0, 0.1) is 23.7 Å². The van der Waals surface area contributed by atoms with Gasteiger partial charge in [0.25, 0.3) is 0 Å². The van der Waals surface area contributed by atoms with Crippen LogP contribution in [0.25, 0.3) is 0 Å². The summed E-state index contributed by atoms with van der Waals surface area (Å²) in [6.07, 6.45) is 3.68. The Morgan fingerprint density at radius 3 is 2.38 bits per heavy atom. The van der Waals surface area contributed by atoms with E-state index in [9.17, 15) is 4.79 Å². The van der Waals surface area contributed by atoms with Crippen molar-refractivity contribution < 1.29 is 4.79 Å². The predicted molar refractivity (Wildman–Crippen MR) is 55.5 cm³/mol. The SMILES string of the molecule is CC(C)C(=O)C1CCCC(C)C1C. The van der Waals surface area contributed by atoms with Crippen molar-refractivity contribution in [3.8, 4) is 0 Å². The molecule has 0 aromatic heterocycles. The predicted octanol–water partition coefficient (Wildman–Crippen LogP) is 3.28. The lowest BCUT2D eigenvalue weighted by molar-refractivity contribution is -0.129. The molecule has 0 aromatic rings. The zero-order valence-electron chi connectivity index (χ0n) is 9.34. The molecule has 3 atom stereocenters. The van der Waals surface area contributed by atoms with Crippen LogP contribution in [0.15, 0.2) is 0 Å². The Hall–Kier alpha value is -0.330. The Labute approximate surface area is 81.9 Å². The van der Waals surface area contributed by atoms with Crippen molar-refractivity contribution in [2.45, 2.75) is 47.0 Å². The quantitative estimate of drug-likeness (QED) is 0.640. The lowest BCUT2D eigenvalue weighted by Crippen LogP contribution is -2.32. The summed E-state index contributed by atoms with van der Waals surface area (Å²) >= 11 is 0. The molecular formula is C12H22O. The molecule has 1 rings (SSSR count). The molecule has 0 aromatic carbocycles. The molecule has 0 saturated heterocycles. The minimum atomic E-state index is 0.220. The van der Waals surface area contributed by atoms with Gasteiger partial charge < -0.3 is 0 Å². The van der Waals surface area contributed by atoms with Gasteiger partial charge in [-0.3, -0.25) is 4.79 Å². The summed E-state index contributed by atoms with van der Waals surface area (Å²) < 4.78 is 0. The molecule has 0 N–H and O–H groups in total. The van der Waals surface area contributed by atoms with E-state index in [1.54, 1.807) is 0 Å². The van der Waals surface area contributed by atoms with E-state index in [2.05, 4.69) is 13.8 Å². The molecule has 0 spiro atoms. The molecule has 1 nitrogen and oxygen atoms in total. The monoisotopic (exact) mass is 182 g/mol. The Morgan fingerprint density at radius 1 is 1.23 bits per heavy atom. The number of ketones is 1. The van der Waals surface area contributed by atoms with Crippen molar-refractivity contribution in [3.63, 3.8) is 0 Å². The molecule has 0 amide bonds. The number of rotatable bonds is 2. The van der Waals surface area contributed by atoms with Gasteiger partial charge in [0.2, 0.25) is 0 Å². The van der Waals surface area contributed by atoms with Gasteiger partial charge in [-0.1, -0.05) is 40.5 Å². The van der Waals surface area contributed by atoms with Gasteiger partial charge in [-0.05, 0) is 18.3 Å². The van der Waals surface area contributed by atoms with Crippen LogP contribution in [0.4, 0.5) is 0 Å². The molecule has 13 heavy (non-hydrogen) atoms. The van der Waals surface area contributed by atoms with Gasteiger partial charge in [-0.25, -0.2) is 0 Å². The van der Waals surface area contributed by atoms with Crippen molar-refractivity contribution in [2.24, 2.45) is 23.7 Å². The van der Waals surface area contributed by atoms with Gasteiger partial charge >= 0.3 is 0 Å². The molecule has 1 aliphatic carbocycles. The Bertz CT molecular complexity index is 184. The first-order valence-corrected chi connectivity index (χ1v) is 5.57. The summed E-state index contributed by atoms with van der Waals surface area (Å²) in [6, 6.07) is 0. The van der Waals surface area contributed by atoms with Crippen LogP contribution >= 0.6 is 0 Å². The van der Waals surface area contributed by atoms with E-state index in [0.29, 0.717) is 17.6 Å². The lowest BCUT2D eigenvalue weighted by atomic mass is 9.70. The largest absolute Gasteiger partial charge is 0.299 e. The van der Waals surface area contributed by atoms with Crippen LogP contribution in [0.5, 0.6) is 0 Å². The number of hydrogen-bond acceptors (Lipinski definition) is 1. The highest BCUT2D eigenvalue weighted by molar-refractivity contribution is 5.83. The fraction of sp³-hybridized carbons (Fsp3) is 0.917. The first kappa shape index (κ1) is 10.7. The van der Waals surface area contributed by atoms with Crippen molar-refractivity contribution in [3.05, 3.63) is 0 Å². The third kappa shape index (κ3) is 2.32. The molecule has 1 saturated carbocycles. The fourth-order valence-corrected chi connectivity index (χ4v) is 2.41. The second kappa shape index (κ2) is 4.26. The van der Waals surface area contributed by atoms with Gasteiger partial charge in [0.05, 0.1) is 0 Å². The molecule has 1 heteroatoms. The van der Waals surface area contributed by atoms with Gasteiger partial charge in [-0.2, -0.15) is 0 Å². The molecule has 0 heterocycles. The normalized spacial score (nSPS) is 35.0. The molecule has 76 valence electrons. The van der Waals surface area contributed by atoms with Gasteiger partial charge in [0.15, 0.2) is 0 Å². The van der Waals surface area contributed by atoms with E-state index in [1.807, 2.05) is 13.8 Å². The maximum atomic E-state index is 11.9. The van der Waals surface area contributed by atoms with Crippen molar-refractivity contribution in [2.75, 3.05) is 0 Å². The maximum Gasteiger partial charge on any atom is 0.138 e.